The Bertz CT molecular complexity index is 1040. The standard InChI is InChI=1S/C25H38N4O3S/c1-21-9-4-7-14-27(21)15-8-13-26-25(30)20-28-18-12-22-19-23(10-11-24(22)28)33(31,32)29-16-5-2-3-6-17-29/h10-12,18-19,21H,2-9,13-17,20H2,1H3,(H,26,30)/t21-/m1/s1. The average molecular weight is 475 g/mol. The largest absolute Gasteiger partial charge is 0.355 e. The van der Waals surface area contributed by atoms with Crippen molar-refractivity contribution in [3.8, 4) is 0 Å². The Morgan fingerprint density at radius 2 is 1.79 bits per heavy atom. The van der Waals surface area contributed by atoms with Gasteiger partial charge >= 0.3 is 0 Å². The first-order chi connectivity index (χ1) is 15.9. The number of nitrogens with zero attached hydrogens (tertiary/aromatic N) is 3. The highest BCUT2D eigenvalue weighted by Crippen LogP contribution is 2.25. The molecule has 0 unspecified atom stereocenters. The predicted molar refractivity (Wildman–Crippen MR) is 132 cm³/mol. The number of carbonyl (C=O) groups excluding carboxylic acids is 1. The van der Waals surface area contributed by atoms with E-state index in [0.29, 0.717) is 30.6 Å². The van der Waals surface area contributed by atoms with Gasteiger partial charge < -0.3 is 14.8 Å². The minimum absolute atomic E-state index is 0.0135. The summed E-state index contributed by atoms with van der Waals surface area (Å²) in [5.74, 6) is -0.0135. The first-order valence-corrected chi connectivity index (χ1v) is 14.0. The van der Waals surface area contributed by atoms with E-state index in [4.69, 9.17) is 0 Å². The minimum Gasteiger partial charge on any atom is -0.355 e. The zero-order valence-electron chi connectivity index (χ0n) is 19.8. The molecule has 2 aliphatic heterocycles. The third-order valence-corrected chi connectivity index (χ3v) is 9.04. The predicted octanol–water partition coefficient (Wildman–Crippen LogP) is 3.59. The van der Waals surface area contributed by atoms with Crippen LogP contribution in [-0.4, -0.2) is 66.9 Å². The van der Waals surface area contributed by atoms with Gasteiger partial charge in [-0.15, -0.1) is 0 Å². The van der Waals surface area contributed by atoms with Crippen molar-refractivity contribution in [2.45, 2.75) is 75.8 Å². The fourth-order valence-corrected chi connectivity index (χ4v) is 6.67. The molecule has 2 saturated heterocycles. The van der Waals surface area contributed by atoms with Crippen LogP contribution >= 0.6 is 0 Å². The number of fused-ring (bicyclic) bond motifs is 1. The van der Waals surface area contributed by atoms with Crippen LogP contribution in [0.1, 0.15) is 58.3 Å². The highest BCUT2D eigenvalue weighted by molar-refractivity contribution is 7.89. The minimum atomic E-state index is -3.48. The second kappa shape index (κ2) is 11.0. The molecular weight excluding hydrogens is 436 g/mol. The molecule has 182 valence electrons. The topological polar surface area (TPSA) is 74.6 Å². The molecule has 1 atom stereocenters. The van der Waals surface area contributed by atoms with E-state index in [0.717, 1.165) is 49.6 Å². The van der Waals surface area contributed by atoms with E-state index in [1.165, 1.54) is 25.8 Å². The Balaban J connectivity index is 1.33. The molecule has 1 aromatic carbocycles. The molecular formula is C25H38N4O3S. The smallest absolute Gasteiger partial charge is 0.243 e. The zero-order chi connectivity index (χ0) is 23.3. The van der Waals surface area contributed by atoms with Gasteiger partial charge in [-0.2, -0.15) is 4.31 Å². The van der Waals surface area contributed by atoms with Crippen molar-refractivity contribution in [1.29, 1.82) is 0 Å². The van der Waals surface area contributed by atoms with Gasteiger partial charge in [0.2, 0.25) is 15.9 Å². The molecule has 1 amide bonds. The highest BCUT2D eigenvalue weighted by atomic mass is 32.2. The van der Waals surface area contributed by atoms with Crippen LogP contribution in [0.5, 0.6) is 0 Å². The lowest BCUT2D eigenvalue weighted by atomic mass is 10.0. The first-order valence-electron chi connectivity index (χ1n) is 12.5. The van der Waals surface area contributed by atoms with Crippen molar-refractivity contribution in [3.63, 3.8) is 0 Å². The van der Waals surface area contributed by atoms with E-state index in [1.54, 1.807) is 16.4 Å². The summed E-state index contributed by atoms with van der Waals surface area (Å²) in [4.78, 5) is 15.3. The monoisotopic (exact) mass is 474 g/mol. The van der Waals surface area contributed by atoms with Crippen molar-refractivity contribution in [1.82, 2.24) is 19.1 Å². The fourth-order valence-electron chi connectivity index (χ4n) is 5.12. The first kappa shape index (κ1) is 24.2. The lowest BCUT2D eigenvalue weighted by Crippen LogP contribution is -2.39. The Kier molecular flexibility index (Phi) is 8.09. The van der Waals surface area contributed by atoms with E-state index >= 15 is 0 Å². The third kappa shape index (κ3) is 5.97. The third-order valence-electron chi connectivity index (χ3n) is 7.14. The molecule has 2 aromatic rings. The zero-order valence-corrected chi connectivity index (χ0v) is 20.7. The maximum absolute atomic E-state index is 13.1. The van der Waals surface area contributed by atoms with E-state index < -0.39 is 10.0 Å². The number of amides is 1. The summed E-state index contributed by atoms with van der Waals surface area (Å²) in [6.45, 7) is 6.60. The molecule has 0 radical (unpaired) electrons. The van der Waals surface area contributed by atoms with Gasteiger partial charge in [-0.3, -0.25) is 4.79 Å². The van der Waals surface area contributed by atoms with Crippen LogP contribution in [0.3, 0.4) is 0 Å². The molecule has 0 saturated carbocycles. The molecule has 0 aliphatic carbocycles. The summed E-state index contributed by atoms with van der Waals surface area (Å²) in [7, 11) is -3.48. The van der Waals surface area contributed by atoms with Gasteiger partial charge in [0.15, 0.2) is 0 Å². The number of nitrogens with one attached hydrogen (secondary N) is 1. The fraction of sp³-hybridized carbons (Fsp3) is 0.640. The second-order valence-electron chi connectivity index (χ2n) is 9.57. The van der Waals surface area contributed by atoms with Crippen LogP contribution in [0.4, 0.5) is 0 Å². The molecule has 1 aromatic heterocycles. The Hall–Kier alpha value is -1.90. The van der Waals surface area contributed by atoms with Crippen LogP contribution < -0.4 is 5.32 Å². The summed E-state index contributed by atoms with van der Waals surface area (Å²) < 4.78 is 29.7. The number of piperidine rings is 1. The Morgan fingerprint density at radius 1 is 1.03 bits per heavy atom. The maximum Gasteiger partial charge on any atom is 0.243 e. The van der Waals surface area contributed by atoms with Crippen molar-refractivity contribution in [2.24, 2.45) is 0 Å². The van der Waals surface area contributed by atoms with Crippen LogP contribution in [-0.2, 0) is 21.4 Å². The van der Waals surface area contributed by atoms with Gasteiger partial charge in [-0.1, -0.05) is 19.3 Å². The molecule has 33 heavy (non-hydrogen) atoms. The van der Waals surface area contributed by atoms with Crippen LogP contribution in [0.15, 0.2) is 35.4 Å². The lowest BCUT2D eigenvalue weighted by Gasteiger charge is -2.33. The van der Waals surface area contributed by atoms with Crippen molar-refractivity contribution < 1.29 is 13.2 Å². The summed E-state index contributed by atoms with van der Waals surface area (Å²) in [5.41, 5.74) is 0.877. The van der Waals surface area contributed by atoms with Gasteiger partial charge in [0.05, 0.1) is 4.90 Å². The maximum atomic E-state index is 13.1. The average Bonchev–Trinajstić information content (AvgIpc) is 3.00. The molecule has 2 fully saturated rings. The quantitative estimate of drug-likeness (QED) is 0.594. The molecule has 2 aliphatic rings. The Labute approximate surface area is 198 Å². The van der Waals surface area contributed by atoms with Gasteiger partial charge in [-0.25, -0.2) is 8.42 Å². The number of sulfonamides is 1. The number of rotatable bonds is 8. The van der Waals surface area contributed by atoms with E-state index in [-0.39, 0.29) is 12.5 Å². The molecule has 3 heterocycles. The van der Waals surface area contributed by atoms with Crippen LogP contribution in [0.2, 0.25) is 0 Å². The number of hydrogen-bond donors (Lipinski definition) is 1. The summed E-state index contributed by atoms with van der Waals surface area (Å²) in [6.07, 6.45) is 10.7. The number of likely N-dealkylation sites (tertiary alicyclic amines) is 1. The summed E-state index contributed by atoms with van der Waals surface area (Å²) >= 11 is 0. The molecule has 7 nitrogen and oxygen atoms in total. The lowest BCUT2D eigenvalue weighted by molar-refractivity contribution is -0.121. The number of benzene rings is 1. The van der Waals surface area contributed by atoms with Crippen molar-refractivity contribution in [3.05, 3.63) is 30.5 Å². The molecule has 1 N–H and O–H groups in total. The second-order valence-corrected chi connectivity index (χ2v) is 11.5. The van der Waals surface area contributed by atoms with Crippen LogP contribution in [0, 0.1) is 0 Å². The van der Waals surface area contributed by atoms with E-state index in [9.17, 15) is 13.2 Å². The highest BCUT2D eigenvalue weighted by Gasteiger charge is 2.25. The van der Waals surface area contributed by atoms with Gasteiger partial charge in [0, 0.05) is 49.3 Å². The van der Waals surface area contributed by atoms with E-state index in [2.05, 4.69) is 17.1 Å². The van der Waals surface area contributed by atoms with Gasteiger partial charge in [0.1, 0.15) is 6.54 Å². The van der Waals surface area contributed by atoms with Crippen molar-refractivity contribution >= 4 is 26.8 Å². The van der Waals surface area contributed by atoms with Gasteiger partial charge in [0.25, 0.3) is 0 Å². The SMILES string of the molecule is C[C@@H]1CCCCN1CCCNC(=O)Cn1ccc2cc(S(=O)(=O)N3CCCCCC3)ccc21. The summed E-state index contributed by atoms with van der Waals surface area (Å²) in [5, 5.41) is 3.88. The summed E-state index contributed by atoms with van der Waals surface area (Å²) in [6, 6.07) is 7.78. The normalized spacial score (nSPS) is 21.2. The number of carbonyl (C=O) groups is 1. The Morgan fingerprint density at radius 3 is 2.55 bits per heavy atom. The van der Waals surface area contributed by atoms with Crippen LogP contribution in [0.25, 0.3) is 10.9 Å². The van der Waals surface area contributed by atoms with Gasteiger partial charge in [-0.05, 0) is 69.8 Å². The number of hydrogen-bond acceptors (Lipinski definition) is 4. The molecule has 0 bridgehead atoms. The number of aromatic nitrogens is 1. The molecule has 8 heteroatoms. The molecule has 4 rings (SSSR count). The van der Waals surface area contributed by atoms with E-state index in [1.807, 2.05) is 22.9 Å². The van der Waals surface area contributed by atoms with Crippen molar-refractivity contribution in [2.75, 3.05) is 32.7 Å². The molecule has 0 spiro atoms.